The molecule has 128 valence electrons. The van der Waals surface area contributed by atoms with Crippen molar-refractivity contribution >= 4 is 11.8 Å². The van der Waals surface area contributed by atoms with Crippen LogP contribution < -0.4 is 10.6 Å². The first-order valence-electron chi connectivity index (χ1n) is 7.96. The van der Waals surface area contributed by atoms with Gasteiger partial charge in [-0.15, -0.1) is 10.2 Å². The second kappa shape index (κ2) is 8.24. The fourth-order valence-electron chi connectivity index (χ4n) is 2.09. The van der Waals surface area contributed by atoms with Crippen molar-refractivity contribution in [1.82, 2.24) is 20.8 Å². The molecule has 7 heteroatoms. The van der Waals surface area contributed by atoms with Crippen LogP contribution in [-0.2, 0) is 16.0 Å². The van der Waals surface area contributed by atoms with Gasteiger partial charge < -0.3 is 15.1 Å². The monoisotopic (exact) mass is 330 g/mol. The molecule has 1 heterocycles. The number of carbonyl (C=O) groups is 2. The second-order valence-electron chi connectivity index (χ2n) is 5.55. The van der Waals surface area contributed by atoms with E-state index in [2.05, 4.69) is 20.8 Å². The lowest BCUT2D eigenvalue weighted by molar-refractivity contribution is -0.128. The number of hydrogen-bond donors (Lipinski definition) is 2. The van der Waals surface area contributed by atoms with E-state index in [9.17, 15) is 9.59 Å². The van der Waals surface area contributed by atoms with Gasteiger partial charge in [0.2, 0.25) is 23.6 Å². The zero-order valence-corrected chi connectivity index (χ0v) is 14.1. The van der Waals surface area contributed by atoms with Crippen LogP contribution in [0.5, 0.6) is 0 Å². The highest BCUT2D eigenvalue weighted by Gasteiger charge is 2.16. The molecule has 1 aromatic carbocycles. The highest BCUT2D eigenvalue weighted by Crippen LogP contribution is 2.18. The van der Waals surface area contributed by atoms with Crippen LogP contribution in [0.3, 0.4) is 0 Å². The summed E-state index contributed by atoms with van der Waals surface area (Å²) in [5, 5.41) is 13.2. The summed E-state index contributed by atoms with van der Waals surface area (Å²) in [6.07, 6.45) is 0.506. The molecule has 0 saturated heterocycles. The third-order valence-electron chi connectivity index (χ3n) is 3.45. The Morgan fingerprint density at radius 1 is 1.21 bits per heavy atom. The Bertz CT molecular complexity index is 694. The summed E-state index contributed by atoms with van der Waals surface area (Å²) < 4.78 is 5.57. The minimum atomic E-state index is -0.566. The van der Waals surface area contributed by atoms with E-state index in [-0.39, 0.29) is 18.2 Å². The van der Waals surface area contributed by atoms with Crippen molar-refractivity contribution in [2.75, 3.05) is 6.54 Å². The van der Waals surface area contributed by atoms with Crippen molar-refractivity contribution in [3.63, 3.8) is 0 Å². The molecular formula is C17H22N4O3. The smallest absolute Gasteiger partial charge is 0.247 e. The van der Waals surface area contributed by atoms with E-state index in [4.69, 9.17) is 4.42 Å². The van der Waals surface area contributed by atoms with Crippen LogP contribution in [0.25, 0.3) is 11.5 Å². The van der Waals surface area contributed by atoms with Gasteiger partial charge in [-0.1, -0.05) is 17.7 Å². The molecule has 24 heavy (non-hydrogen) atoms. The van der Waals surface area contributed by atoms with E-state index in [1.54, 1.807) is 6.92 Å². The normalized spacial score (nSPS) is 11.8. The number of benzene rings is 1. The van der Waals surface area contributed by atoms with Crippen molar-refractivity contribution in [2.24, 2.45) is 0 Å². The maximum atomic E-state index is 11.9. The molecule has 7 nitrogen and oxygen atoms in total. The number of nitrogens with one attached hydrogen (secondary N) is 2. The van der Waals surface area contributed by atoms with Crippen LogP contribution in [0, 0.1) is 6.92 Å². The number of amides is 2. The summed E-state index contributed by atoms with van der Waals surface area (Å²) in [6.45, 7) is 6.00. The summed E-state index contributed by atoms with van der Waals surface area (Å²) in [6, 6.07) is 7.19. The Morgan fingerprint density at radius 2 is 1.92 bits per heavy atom. The van der Waals surface area contributed by atoms with E-state index < -0.39 is 6.04 Å². The van der Waals surface area contributed by atoms with E-state index in [0.717, 1.165) is 11.1 Å². The molecule has 1 aromatic heterocycles. The first-order chi connectivity index (χ1) is 11.5. The summed E-state index contributed by atoms with van der Waals surface area (Å²) in [7, 11) is 0. The van der Waals surface area contributed by atoms with E-state index >= 15 is 0 Å². The molecule has 0 radical (unpaired) electrons. The summed E-state index contributed by atoms with van der Waals surface area (Å²) in [5.41, 5.74) is 1.99. The van der Waals surface area contributed by atoms with Gasteiger partial charge in [0.15, 0.2) is 0 Å². The number of nitrogens with zero attached hydrogens (tertiary/aromatic N) is 2. The van der Waals surface area contributed by atoms with Crippen molar-refractivity contribution in [3.8, 4) is 11.5 Å². The Morgan fingerprint density at radius 3 is 2.58 bits per heavy atom. The van der Waals surface area contributed by atoms with Gasteiger partial charge >= 0.3 is 0 Å². The van der Waals surface area contributed by atoms with Crippen molar-refractivity contribution in [1.29, 1.82) is 0 Å². The predicted octanol–water partition coefficient (Wildman–Crippen LogP) is 1.62. The molecule has 0 aliphatic heterocycles. The lowest BCUT2D eigenvalue weighted by Crippen LogP contribution is -2.44. The highest BCUT2D eigenvalue weighted by molar-refractivity contribution is 5.87. The Labute approximate surface area is 140 Å². The number of aryl methyl sites for hydroxylation is 2. The molecule has 2 aromatic rings. The molecule has 2 N–H and O–H groups in total. The lowest BCUT2D eigenvalue weighted by Gasteiger charge is -2.12. The molecule has 0 bridgehead atoms. The van der Waals surface area contributed by atoms with Crippen LogP contribution in [0.15, 0.2) is 28.7 Å². The van der Waals surface area contributed by atoms with E-state index in [1.807, 2.05) is 38.1 Å². The van der Waals surface area contributed by atoms with Gasteiger partial charge in [0.05, 0.1) is 0 Å². The first kappa shape index (κ1) is 17.7. The van der Waals surface area contributed by atoms with Crippen LogP contribution >= 0.6 is 0 Å². The quantitative estimate of drug-likeness (QED) is 0.804. The molecule has 0 aliphatic rings. The Balaban J connectivity index is 1.85. The molecule has 0 fully saturated rings. The maximum Gasteiger partial charge on any atom is 0.247 e. The molecule has 0 spiro atoms. The highest BCUT2D eigenvalue weighted by atomic mass is 16.4. The molecule has 1 atom stereocenters. The Hall–Kier alpha value is -2.70. The SMILES string of the molecule is CCNC(=O)[C@@H](C)NC(=O)CCc1nnc(-c2ccc(C)cc2)o1. The van der Waals surface area contributed by atoms with Gasteiger partial charge in [-0.25, -0.2) is 0 Å². The number of carbonyl (C=O) groups excluding carboxylic acids is 2. The molecule has 0 aliphatic carbocycles. The van der Waals surface area contributed by atoms with Gasteiger partial charge in [-0.3, -0.25) is 9.59 Å². The summed E-state index contributed by atoms with van der Waals surface area (Å²) in [4.78, 5) is 23.4. The zero-order valence-electron chi connectivity index (χ0n) is 14.1. The molecular weight excluding hydrogens is 308 g/mol. The Kier molecular flexibility index (Phi) is 6.06. The fourth-order valence-corrected chi connectivity index (χ4v) is 2.09. The van der Waals surface area contributed by atoms with Gasteiger partial charge in [0.1, 0.15) is 6.04 Å². The number of aromatic nitrogens is 2. The fraction of sp³-hybridized carbons (Fsp3) is 0.412. The van der Waals surface area contributed by atoms with Crippen LogP contribution in [0.1, 0.15) is 31.7 Å². The van der Waals surface area contributed by atoms with Crippen LogP contribution in [0.4, 0.5) is 0 Å². The minimum absolute atomic E-state index is 0.180. The second-order valence-corrected chi connectivity index (χ2v) is 5.55. The topological polar surface area (TPSA) is 97.1 Å². The van der Waals surface area contributed by atoms with Gasteiger partial charge in [-0.2, -0.15) is 0 Å². The lowest BCUT2D eigenvalue weighted by atomic mass is 10.1. The van der Waals surface area contributed by atoms with Crippen molar-refractivity contribution < 1.29 is 14.0 Å². The van der Waals surface area contributed by atoms with Crippen LogP contribution in [0.2, 0.25) is 0 Å². The summed E-state index contributed by atoms with van der Waals surface area (Å²) >= 11 is 0. The van der Waals surface area contributed by atoms with E-state index in [0.29, 0.717) is 24.7 Å². The molecule has 0 saturated carbocycles. The number of likely N-dealkylation sites (N-methyl/N-ethyl adjacent to an activating group) is 1. The molecule has 2 amide bonds. The third kappa shape index (κ3) is 4.91. The van der Waals surface area contributed by atoms with Crippen LogP contribution in [-0.4, -0.2) is 34.6 Å². The van der Waals surface area contributed by atoms with E-state index in [1.165, 1.54) is 0 Å². The third-order valence-corrected chi connectivity index (χ3v) is 3.45. The standard InChI is InChI=1S/C17H22N4O3/c1-4-18-16(23)12(3)19-14(22)9-10-15-20-21-17(24-15)13-7-5-11(2)6-8-13/h5-8,12H,4,9-10H2,1-3H3,(H,18,23)(H,19,22)/t12-/m1/s1. The average molecular weight is 330 g/mol. The van der Waals surface area contributed by atoms with Crippen molar-refractivity contribution in [3.05, 3.63) is 35.7 Å². The van der Waals surface area contributed by atoms with Gasteiger partial charge in [0.25, 0.3) is 0 Å². The number of rotatable bonds is 7. The van der Waals surface area contributed by atoms with Gasteiger partial charge in [-0.05, 0) is 32.9 Å². The predicted molar refractivity (Wildman–Crippen MR) is 89.1 cm³/mol. The largest absolute Gasteiger partial charge is 0.421 e. The number of hydrogen-bond acceptors (Lipinski definition) is 5. The van der Waals surface area contributed by atoms with Gasteiger partial charge in [0, 0.05) is 24.9 Å². The first-order valence-corrected chi connectivity index (χ1v) is 7.96. The average Bonchev–Trinajstić information content (AvgIpc) is 3.03. The zero-order chi connectivity index (χ0) is 17.5. The summed E-state index contributed by atoms with van der Waals surface area (Å²) in [5.74, 6) is 0.390. The minimum Gasteiger partial charge on any atom is -0.421 e. The van der Waals surface area contributed by atoms with Crippen molar-refractivity contribution in [2.45, 2.75) is 39.7 Å². The molecule has 0 unspecified atom stereocenters. The maximum absolute atomic E-state index is 11.9. The molecule has 2 rings (SSSR count).